The summed E-state index contributed by atoms with van der Waals surface area (Å²) in [6.07, 6.45) is 2.81. The molecule has 0 saturated carbocycles. The van der Waals surface area contributed by atoms with Crippen molar-refractivity contribution >= 4 is 0 Å². The van der Waals surface area contributed by atoms with Crippen LogP contribution in [0.25, 0.3) is 11.5 Å². The lowest BCUT2D eigenvalue weighted by Gasteiger charge is -2.09. The number of hydrogen-bond acceptors (Lipinski definition) is 4. The molecule has 0 amide bonds. The summed E-state index contributed by atoms with van der Waals surface area (Å²) in [7, 11) is 0. The van der Waals surface area contributed by atoms with E-state index in [0.717, 1.165) is 48.0 Å². The largest absolute Gasteiger partial charge is 0.307 e. The van der Waals surface area contributed by atoms with Crippen LogP contribution in [0.2, 0.25) is 0 Å². The van der Waals surface area contributed by atoms with Gasteiger partial charge in [0.2, 0.25) is 0 Å². The van der Waals surface area contributed by atoms with E-state index in [9.17, 15) is 0 Å². The molecule has 1 aliphatic heterocycles. The molecule has 0 unspecified atom stereocenters. The fraction of sp³-hybridized carbons (Fsp3) is 0.400. The van der Waals surface area contributed by atoms with Gasteiger partial charge in [0.25, 0.3) is 0 Å². The van der Waals surface area contributed by atoms with Gasteiger partial charge in [0.15, 0.2) is 5.82 Å². The van der Waals surface area contributed by atoms with Crippen LogP contribution in [0.1, 0.15) is 35.0 Å². The molecule has 4 heteroatoms. The molecule has 2 aromatic heterocycles. The molecule has 0 bridgehead atoms. The van der Waals surface area contributed by atoms with Gasteiger partial charge in [-0.25, -0.2) is 9.97 Å². The van der Waals surface area contributed by atoms with E-state index in [0.29, 0.717) is 0 Å². The van der Waals surface area contributed by atoms with Crippen molar-refractivity contribution in [3.63, 3.8) is 0 Å². The van der Waals surface area contributed by atoms with Gasteiger partial charge in [-0.05, 0) is 31.4 Å². The van der Waals surface area contributed by atoms with E-state index in [-0.39, 0.29) is 0 Å². The Bertz CT molecular complexity index is 634. The number of pyridine rings is 1. The Hall–Kier alpha value is -1.81. The molecule has 0 aliphatic carbocycles. The third-order valence-corrected chi connectivity index (χ3v) is 3.53. The summed E-state index contributed by atoms with van der Waals surface area (Å²) >= 11 is 0. The van der Waals surface area contributed by atoms with Crippen LogP contribution in [0.3, 0.4) is 0 Å². The van der Waals surface area contributed by atoms with Crippen molar-refractivity contribution in [3.8, 4) is 11.5 Å². The first kappa shape index (κ1) is 12.2. The third-order valence-electron chi connectivity index (χ3n) is 3.53. The highest BCUT2D eigenvalue weighted by molar-refractivity contribution is 5.56. The summed E-state index contributed by atoms with van der Waals surface area (Å²) in [6, 6.07) is 2.13. The number of nitrogens with one attached hydrogen (secondary N) is 1. The zero-order chi connectivity index (χ0) is 13.4. The Morgan fingerprint density at radius 3 is 2.79 bits per heavy atom. The van der Waals surface area contributed by atoms with Gasteiger partial charge in [-0.3, -0.25) is 4.98 Å². The van der Waals surface area contributed by atoms with E-state index in [1.165, 1.54) is 11.1 Å². The summed E-state index contributed by atoms with van der Waals surface area (Å²) < 4.78 is 0. The van der Waals surface area contributed by atoms with Crippen molar-refractivity contribution in [1.82, 2.24) is 20.3 Å². The first-order valence-corrected chi connectivity index (χ1v) is 6.72. The van der Waals surface area contributed by atoms with Gasteiger partial charge in [-0.2, -0.15) is 0 Å². The topological polar surface area (TPSA) is 50.7 Å². The average Bonchev–Trinajstić information content (AvgIpc) is 2.85. The molecule has 0 spiro atoms. The average molecular weight is 254 g/mol. The molecular weight excluding hydrogens is 236 g/mol. The Morgan fingerprint density at radius 2 is 2.05 bits per heavy atom. The Morgan fingerprint density at radius 1 is 1.21 bits per heavy atom. The summed E-state index contributed by atoms with van der Waals surface area (Å²) in [4.78, 5) is 13.9. The van der Waals surface area contributed by atoms with Crippen molar-refractivity contribution < 1.29 is 0 Å². The molecule has 0 saturated heterocycles. The number of hydrogen-bond donors (Lipinski definition) is 1. The minimum Gasteiger partial charge on any atom is -0.307 e. The SMILES string of the molecule is CCc1nc(-c2ncc(C)cc2C)nc2c1CNC2. The van der Waals surface area contributed by atoms with E-state index in [1.54, 1.807) is 0 Å². The number of fused-ring (bicyclic) bond motifs is 1. The Labute approximate surface area is 113 Å². The van der Waals surface area contributed by atoms with Gasteiger partial charge < -0.3 is 5.32 Å². The van der Waals surface area contributed by atoms with E-state index >= 15 is 0 Å². The predicted octanol–water partition coefficient (Wildman–Crippen LogP) is 2.32. The highest BCUT2D eigenvalue weighted by Gasteiger charge is 2.19. The molecule has 3 rings (SSSR count). The molecule has 4 nitrogen and oxygen atoms in total. The maximum atomic E-state index is 4.71. The summed E-state index contributed by atoms with van der Waals surface area (Å²) in [5.41, 5.74) is 6.74. The molecule has 1 N–H and O–H groups in total. The van der Waals surface area contributed by atoms with Gasteiger partial charge in [0.1, 0.15) is 5.69 Å². The van der Waals surface area contributed by atoms with Crippen LogP contribution in [0.4, 0.5) is 0 Å². The quantitative estimate of drug-likeness (QED) is 0.893. The van der Waals surface area contributed by atoms with E-state index < -0.39 is 0 Å². The summed E-state index contributed by atoms with van der Waals surface area (Å²) in [6.45, 7) is 7.98. The van der Waals surface area contributed by atoms with Gasteiger partial charge in [-0.15, -0.1) is 0 Å². The highest BCUT2D eigenvalue weighted by Crippen LogP contribution is 2.23. The first-order chi connectivity index (χ1) is 9.19. The van der Waals surface area contributed by atoms with Crippen molar-refractivity contribution in [3.05, 3.63) is 40.3 Å². The highest BCUT2D eigenvalue weighted by atomic mass is 15.0. The second kappa shape index (κ2) is 4.70. The molecule has 0 atom stereocenters. The Balaban J connectivity index is 2.15. The molecule has 0 aromatic carbocycles. The number of aromatic nitrogens is 3. The van der Waals surface area contributed by atoms with Crippen molar-refractivity contribution in [2.75, 3.05) is 0 Å². The minimum absolute atomic E-state index is 0.761. The summed E-state index contributed by atoms with van der Waals surface area (Å²) in [5.74, 6) is 0.761. The van der Waals surface area contributed by atoms with Crippen LogP contribution < -0.4 is 5.32 Å². The fourth-order valence-corrected chi connectivity index (χ4v) is 2.59. The van der Waals surface area contributed by atoms with Gasteiger partial charge in [0.05, 0.1) is 5.69 Å². The lowest BCUT2D eigenvalue weighted by Crippen LogP contribution is -2.04. The van der Waals surface area contributed by atoms with Gasteiger partial charge in [0, 0.05) is 30.5 Å². The maximum Gasteiger partial charge on any atom is 0.178 e. The number of nitrogens with zero attached hydrogens (tertiary/aromatic N) is 3. The van der Waals surface area contributed by atoms with Crippen LogP contribution in [0.15, 0.2) is 12.3 Å². The molecule has 19 heavy (non-hydrogen) atoms. The van der Waals surface area contributed by atoms with E-state index in [4.69, 9.17) is 4.98 Å². The molecule has 3 heterocycles. The van der Waals surface area contributed by atoms with Gasteiger partial charge >= 0.3 is 0 Å². The zero-order valence-corrected chi connectivity index (χ0v) is 11.6. The molecule has 0 fully saturated rings. The van der Waals surface area contributed by atoms with E-state index in [1.807, 2.05) is 6.20 Å². The van der Waals surface area contributed by atoms with E-state index in [2.05, 4.69) is 42.1 Å². The fourth-order valence-electron chi connectivity index (χ4n) is 2.59. The monoisotopic (exact) mass is 254 g/mol. The van der Waals surface area contributed by atoms with Crippen LogP contribution in [0, 0.1) is 13.8 Å². The van der Waals surface area contributed by atoms with Crippen LogP contribution in [-0.2, 0) is 19.5 Å². The predicted molar refractivity (Wildman–Crippen MR) is 74.7 cm³/mol. The van der Waals surface area contributed by atoms with Crippen LogP contribution in [0.5, 0.6) is 0 Å². The standard InChI is InChI=1S/C15H18N4/c1-4-12-11-7-16-8-13(11)19-15(18-12)14-10(3)5-9(2)6-17-14/h5-6,16H,4,7-8H2,1-3H3. The molecule has 1 aliphatic rings. The number of rotatable bonds is 2. The van der Waals surface area contributed by atoms with Crippen LogP contribution in [-0.4, -0.2) is 15.0 Å². The van der Waals surface area contributed by atoms with Gasteiger partial charge in [-0.1, -0.05) is 13.0 Å². The molecule has 98 valence electrons. The lowest BCUT2D eigenvalue weighted by molar-refractivity contribution is 0.755. The second-order valence-corrected chi connectivity index (χ2v) is 5.05. The molecule has 2 aromatic rings. The van der Waals surface area contributed by atoms with Crippen LogP contribution >= 0.6 is 0 Å². The third kappa shape index (κ3) is 2.12. The second-order valence-electron chi connectivity index (χ2n) is 5.05. The van der Waals surface area contributed by atoms with Crippen molar-refractivity contribution in [2.45, 2.75) is 40.3 Å². The molecule has 0 radical (unpaired) electrons. The van der Waals surface area contributed by atoms with Crippen molar-refractivity contribution in [1.29, 1.82) is 0 Å². The smallest absolute Gasteiger partial charge is 0.178 e. The lowest BCUT2D eigenvalue weighted by atomic mass is 10.1. The maximum absolute atomic E-state index is 4.71. The Kier molecular flexibility index (Phi) is 3.03. The number of aryl methyl sites for hydroxylation is 3. The zero-order valence-electron chi connectivity index (χ0n) is 11.6. The summed E-state index contributed by atoms with van der Waals surface area (Å²) in [5, 5.41) is 3.34. The molecular formula is C15H18N4. The van der Waals surface area contributed by atoms with Crippen molar-refractivity contribution in [2.24, 2.45) is 0 Å². The minimum atomic E-state index is 0.761. The first-order valence-electron chi connectivity index (χ1n) is 6.72. The normalized spacial score (nSPS) is 13.6.